The predicted octanol–water partition coefficient (Wildman–Crippen LogP) is 3.39. The maximum Gasteiger partial charge on any atom is 0.265 e. The quantitative estimate of drug-likeness (QED) is 0.694. The van der Waals surface area contributed by atoms with Crippen LogP contribution in [0.4, 0.5) is 5.69 Å². The lowest BCUT2D eigenvalue weighted by Crippen LogP contribution is -2.14. The molecular weight excluding hydrogens is 397 g/mol. The Morgan fingerprint density at radius 3 is 2.58 bits per heavy atom. The standard InChI is InChI=1S/C16H17Cl2N5O2S/c1-10-16(21-26(24,25)14-7-19-22(3)9-14)11(2)23(20-10)8-12-4-5-13(17)6-15(12)18/h4-7,9,21H,8H2,1-3H3. The van der Waals surface area contributed by atoms with Gasteiger partial charge in [0.2, 0.25) is 0 Å². The third-order valence-electron chi connectivity index (χ3n) is 3.94. The average Bonchev–Trinajstić information content (AvgIpc) is 3.10. The Hall–Kier alpha value is -2.03. The first-order valence-corrected chi connectivity index (χ1v) is 9.90. The van der Waals surface area contributed by atoms with E-state index in [9.17, 15) is 8.42 Å². The number of aryl methyl sites for hydroxylation is 2. The molecule has 0 saturated carbocycles. The molecule has 0 unspecified atom stereocenters. The van der Waals surface area contributed by atoms with Crippen LogP contribution >= 0.6 is 23.2 Å². The van der Waals surface area contributed by atoms with Gasteiger partial charge < -0.3 is 0 Å². The Bertz CT molecular complexity index is 1070. The van der Waals surface area contributed by atoms with Gasteiger partial charge in [0.15, 0.2) is 0 Å². The molecule has 0 atom stereocenters. The summed E-state index contributed by atoms with van der Waals surface area (Å²) >= 11 is 12.1. The molecule has 1 N–H and O–H groups in total. The lowest BCUT2D eigenvalue weighted by Gasteiger charge is -2.09. The van der Waals surface area contributed by atoms with Gasteiger partial charge in [-0.3, -0.25) is 14.1 Å². The van der Waals surface area contributed by atoms with Gasteiger partial charge in [0, 0.05) is 23.3 Å². The number of aromatic nitrogens is 4. The van der Waals surface area contributed by atoms with Gasteiger partial charge in [-0.25, -0.2) is 8.42 Å². The van der Waals surface area contributed by atoms with Crippen LogP contribution in [-0.2, 0) is 23.6 Å². The lowest BCUT2D eigenvalue weighted by molar-refractivity contribution is 0.601. The van der Waals surface area contributed by atoms with E-state index in [0.717, 1.165) is 5.56 Å². The SMILES string of the molecule is Cc1nn(Cc2ccc(Cl)cc2Cl)c(C)c1NS(=O)(=O)c1cnn(C)c1. The largest absolute Gasteiger partial charge is 0.276 e. The van der Waals surface area contributed by atoms with Crippen LogP contribution in [0.25, 0.3) is 0 Å². The molecule has 0 amide bonds. The molecule has 138 valence electrons. The van der Waals surface area contributed by atoms with E-state index in [0.29, 0.717) is 33.7 Å². The Labute approximate surface area is 161 Å². The first kappa shape index (κ1) is 18.8. The molecule has 0 saturated heterocycles. The van der Waals surface area contributed by atoms with Crippen LogP contribution < -0.4 is 4.72 Å². The summed E-state index contributed by atoms with van der Waals surface area (Å²) in [5, 5.41) is 9.41. The third-order valence-corrected chi connectivity index (χ3v) is 5.84. The number of nitrogens with zero attached hydrogens (tertiary/aromatic N) is 4. The summed E-state index contributed by atoms with van der Waals surface area (Å²) in [5.41, 5.74) is 2.53. The highest BCUT2D eigenvalue weighted by atomic mass is 35.5. The minimum absolute atomic E-state index is 0.0901. The number of benzene rings is 1. The first-order valence-electron chi connectivity index (χ1n) is 7.67. The Kier molecular flexibility index (Phi) is 5.01. The molecular formula is C16H17Cl2N5O2S. The van der Waals surface area contributed by atoms with Crippen molar-refractivity contribution >= 4 is 38.9 Å². The molecule has 7 nitrogen and oxygen atoms in total. The molecule has 2 heterocycles. The van der Waals surface area contributed by atoms with E-state index in [1.807, 2.05) is 6.07 Å². The number of anilines is 1. The molecule has 0 radical (unpaired) electrons. The van der Waals surface area contributed by atoms with Gasteiger partial charge >= 0.3 is 0 Å². The zero-order valence-corrected chi connectivity index (χ0v) is 16.7. The highest BCUT2D eigenvalue weighted by Crippen LogP contribution is 2.26. The van der Waals surface area contributed by atoms with E-state index in [4.69, 9.17) is 23.2 Å². The molecule has 0 aliphatic carbocycles. The number of hydrogen-bond donors (Lipinski definition) is 1. The molecule has 10 heteroatoms. The molecule has 0 aliphatic heterocycles. The van der Waals surface area contributed by atoms with Gasteiger partial charge in [0.1, 0.15) is 4.90 Å². The van der Waals surface area contributed by atoms with Gasteiger partial charge in [-0.1, -0.05) is 29.3 Å². The fraction of sp³-hybridized carbons (Fsp3) is 0.250. The maximum absolute atomic E-state index is 12.5. The van der Waals surface area contributed by atoms with Crippen molar-refractivity contribution in [1.29, 1.82) is 0 Å². The maximum atomic E-state index is 12.5. The van der Waals surface area contributed by atoms with E-state index in [1.54, 1.807) is 37.7 Å². The summed E-state index contributed by atoms with van der Waals surface area (Å²) < 4.78 is 30.8. The molecule has 2 aromatic heterocycles. The molecule has 3 rings (SSSR count). The molecule has 1 aromatic carbocycles. The highest BCUT2D eigenvalue weighted by molar-refractivity contribution is 7.92. The number of sulfonamides is 1. The van der Waals surface area contributed by atoms with Crippen LogP contribution in [0.1, 0.15) is 17.0 Å². The third kappa shape index (κ3) is 3.72. The van der Waals surface area contributed by atoms with E-state index in [2.05, 4.69) is 14.9 Å². The van der Waals surface area contributed by atoms with E-state index in [-0.39, 0.29) is 4.90 Å². The second-order valence-corrected chi connectivity index (χ2v) is 8.42. The number of rotatable bonds is 5. The van der Waals surface area contributed by atoms with Crippen LogP contribution in [0.15, 0.2) is 35.5 Å². The second kappa shape index (κ2) is 6.94. The Morgan fingerprint density at radius 1 is 1.23 bits per heavy atom. The van der Waals surface area contributed by atoms with Crippen LogP contribution in [0.3, 0.4) is 0 Å². The van der Waals surface area contributed by atoms with Gasteiger partial charge in [0.25, 0.3) is 10.0 Å². The molecule has 0 spiro atoms. The van der Waals surface area contributed by atoms with Crippen molar-refractivity contribution in [3.05, 3.63) is 57.6 Å². The van der Waals surface area contributed by atoms with Crippen molar-refractivity contribution in [2.24, 2.45) is 7.05 Å². The van der Waals surface area contributed by atoms with Crippen LogP contribution in [-0.4, -0.2) is 28.0 Å². The second-order valence-electron chi connectivity index (χ2n) is 5.89. The van der Waals surface area contributed by atoms with Gasteiger partial charge in [-0.2, -0.15) is 10.2 Å². The fourth-order valence-electron chi connectivity index (χ4n) is 2.54. The smallest absolute Gasteiger partial charge is 0.265 e. The minimum atomic E-state index is -3.74. The van der Waals surface area contributed by atoms with E-state index in [1.165, 1.54) is 17.1 Å². The summed E-state index contributed by atoms with van der Waals surface area (Å²) in [7, 11) is -2.08. The highest BCUT2D eigenvalue weighted by Gasteiger charge is 2.21. The number of nitrogens with one attached hydrogen (secondary N) is 1. The van der Waals surface area contributed by atoms with Gasteiger partial charge in [0.05, 0.1) is 29.8 Å². The van der Waals surface area contributed by atoms with Crippen molar-refractivity contribution in [2.45, 2.75) is 25.3 Å². The Morgan fingerprint density at radius 2 is 1.96 bits per heavy atom. The topological polar surface area (TPSA) is 81.8 Å². The summed E-state index contributed by atoms with van der Waals surface area (Å²) in [6.07, 6.45) is 2.73. The van der Waals surface area contributed by atoms with Crippen molar-refractivity contribution in [3.8, 4) is 0 Å². The van der Waals surface area contributed by atoms with Crippen molar-refractivity contribution in [1.82, 2.24) is 19.6 Å². The summed E-state index contributed by atoms with van der Waals surface area (Å²) in [6.45, 7) is 3.94. The molecule has 26 heavy (non-hydrogen) atoms. The lowest BCUT2D eigenvalue weighted by atomic mass is 10.2. The summed E-state index contributed by atoms with van der Waals surface area (Å²) in [4.78, 5) is 0.0901. The number of halogens is 2. The van der Waals surface area contributed by atoms with Crippen molar-refractivity contribution in [2.75, 3.05) is 4.72 Å². The Balaban J connectivity index is 1.91. The van der Waals surface area contributed by atoms with E-state index < -0.39 is 10.0 Å². The summed E-state index contributed by atoms with van der Waals surface area (Å²) in [5.74, 6) is 0. The molecule has 0 aliphatic rings. The zero-order chi connectivity index (χ0) is 19.1. The average molecular weight is 414 g/mol. The zero-order valence-electron chi connectivity index (χ0n) is 14.4. The normalized spacial score (nSPS) is 11.7. The van der Waals surface area contributed by atoms with Gasteiger partial charge in [-0.15, -0.1) is 0 Å². The fourth-order valence-corrected chi connectivity index (χ4v) is 4.17. The number of hydrogen-bond acceptors (Lipinski definition) is 4. The van der Waals surface area contributed by atoms with Crippen LogP contribution in [0.2, 0.25) is 10.0 Å². The van der Waals surface area contributed by atoms with Crippen molar-refractivity contribution in [3.63, 3.8) is 0 Å². The predicted molar refractivity (Wildman–Crippen MR) is 101 cm³/mol. The van der Waals surface area contributed by atoms with Gasteiger partial charge in [-0.05, 0) is 31.5 Å². The summed E-state index contributed by atoms with van der Waals surface area (Å²) in [6, 6.07) is 5.23. The first-order chi connectivity index (χ1) is 12.2. The van der Waals surface area contributed by atoms with Crippen LogP contribution in [0.5, 0.6) is 0 Å². The van der Waals surface area contributed by atoms with Crippen molar-refractivity contribution < 1.29 is 8.42 Å². The molecule has 0 bridgehead atoms. The minimum Gasteiger partial charge on any atom is -0.276 e. The molecule has 3 aromatic rings. The monoisotopic (exact) mass is 413 g/mol. The van der Waals surface area contributed by atoms with Crippen LogP contribution in [0, 0.1) is 13.8 Å². The van der Waals surface area contributed by atoms with E-state index >= 15 is 0 Å². The molecule has 0 fully saturated rings.